The van der Waals surface area contributed by atoms with Crippen LogP contribution >= 0.6 is 0 Å². The monoisotopic (exact) mass is 1100 g/mol. The van der Waals surface area contributed by atoms with Gasteiger partial charge in [-0.3, -0.25) is 19.9 Å². The average molecular weight is 1100 g/mol. The number of nitrogens with zero attached hydrogens (tertiary/aromatic N) is 4. The maximum atomic E-state index is 5.23. The number of hydrogen-bond acceptors (Lipinski definition) is 4. The molecule has 0 saturated carbocycles. The van der Waals surface area contributed by atoms with Crippen molar-refractivity contribution in [3.8, 4) is 0 Å². The Morgan fingerprint density at radius 3 is 0.800 bits per heavy atom. The molecule has 0 amide bonds. The zero-order chi connectivity index (χ0) is 60.9. The summed E-state index contributed by atoms with van der Waals surface area (Å²) in [6, 6.07) is 0. The Balaban J connectivity index is 0.000000536. The van der Waals surface area contributed by atoms with Crippen LogP contribution in [-0.4, -0.2) is 19.9 Å². The van der Waals surface area contributed by atoms with E-state index < -0.39 is 0 Å². The summed E-state index contributed by atoms with van der Waals surface area (Å²) in [7, 11) is 0. The van der Waals surface area contributed by atoms with E-state index in [-0.39, 0.29) is 10.8 Å². The first-order chi connectivity index (χ1) is 37.9. The Bertz CT molecular complexity index is 2240. The van der Waals surface area contributed by atoms with Crippen molar-refractivity contribution in [3.05, 3.63) is 112 Å². The first-order valence-electron chi connectivity index (χ1n) is 34.0. The first-order valence-corrected chi connectivity index (χ1v) is 34.0. The minimum Gasteiger partial charge on any atom is -0.257 e. The third-order valence-corrected chi connectivity index (χ3v) is 16.0. The molecular weight excluding hydrogens is 969 g/mol. The van der Waals surface area contributed by atoms with Crippen LogP contribution in [0.3, 0.4) is 0 Å². The molecule has 0 aromatic carbocycles. The number of aryl methyl sites for hydroxylation is 8. The van der Waals surface area contributed by atoms with Crippen LogP contribution in [0.4, 0.5) is 0 Å². The van der Waals surface area contributed by atoms with Gasteiger partial charge in [-0.15, -0.1) is 0 Å². The number of aromatic nitrogens is 4. The highest BCUT2D eigenvalue weighted by molar-refractivity contribution is 5.49. The minimum absolute atomic E-state index is 0.159. The number of rotatable bonds is 28. The summed E-state index contributed by atoms with van der Waals surface area (Å²) >= 11 is 0. The molecular formula is C76H132N4. The second-order valence-electron chi connectivity index (χ2n) is 26.2. The Labute approximate surface area is 499 Å². The zero-order valence-corrected chi connectivity index (χ0v) is 58.3. The molecule has 0 spiro atoms. The van der Waals surface area contributed by atoms with Crippen molar-refractivity contribution in [1.82, 2.24) is 19.9 Å². The van der Waals surface area contributed by atoms with Crippen LogP contribution in [0.25, 0.3) is 0 Å². The summed E-state index contributed by atoms with van der Waals surface area (Å²) in [5, 5.41) is 0. The fourth-order valence-corrected chi connectivity index (χ4v) is 13.0. The van der Waals surface area contributed by atoms with Crippen molar-refractivity contribution < 1.29 is 0 Å². The van der Waals surface area contributed by atoms with Gasteiger partial charge in [0.1, 0.15) is 0 Å². The van der Waals surface area contributed by atoms with Gasteiger partial charge in [-0.1, -0.05) is 243 Å². The summed E-state index contributed by atoms with van der Waals surface area (Å²) in [5.41, 5.74) is 29.9. The maximum absolute atomic E-state index is 5.23. The van der Waals surface area contributed by atoms with Gasteiger partial charge in [0.25, 0.3) is 0 Å². The highest BCUT2D eigenvalue weighted by Gasteiger charge is 2.31. The molecule has 4 aromatic rings. The summed E-state index contributed by atoms with van der Waals surface area (Å²) in [6.45, 7) is 59.8. The molecule has 0 atom stereocenters. The van der Waals surface area contributed by atoms with Crippen LogP contribution in [0.15, 0.2) is 0 Å². The maximum Gasteiger partial charge on any atom is 0.0447 e. The fourth-order valence-electron chi connectivity index (χ4n) is 13.0. The van der Waals surface area contributed by atoms with Crippen LogP contribution in [0.5, 0.6) is 0 Å². The molecule has 456 valence electrons. The molecule has 4 nitrogen and oxygen atoms in total. The highest BCUT2D eigenvalue weighted by Crippen LogP contribution is 2.39. The molecule has 4 rings (SSSR count). The van der Waals surface area contributed by atoms with Crippen LogP contribution in [-0.2, 0) is 101 Å². The van der Waals surface area contributed by atoms with Gasteiger partial charge in [-0.25, -0.2) is 0 Å². The Morgan fingerprint density at radius 1 is 0.263 bits per heavy atom. The minimum atomic E-state index is 0.159. The lowest BCUT2D eigenvalue weighted by molar-refractivity contribution is 0.531. The van der Waals surface area contributed by atoms with Gasteiger partial charge >= 0.3 is 0 Å². The largest absolute Gasteiger partial charge is 0.257 e. The predicted molar refractivity (Wildman–Crippen MR) is 359 cm³/mol. The molecule has 4 heteroatoms. The lowest BCUT2D eigenvalue weighted by Crippen LogP contribution is -2.26. The Morgan fingerprint density at radius 2 is 0.500 bits per heavy atom. The van der Waals surface area contributed by atoms with Crippen LogP contribution < -0.4 is 0 Å². The van der Waals surface area contributed by atoms with Crippen LogP contribution in [0, 0.1) is 13.8 Å². The molecule has 0 fully saturated rings. The zero-order valence-electron chi connectivity index (χ0n) is 58.3. The van der Waals surface area contributed by atoms with E-state index in [4.69, 9.17) is 19.9 Å². The molecule has 0 radical (unpaired) electrons. The summed E-state index contributed by atoms with van der Waals surface area (Å²) < 4.78 is 0. The van der Waals surface area contributed by atoms with E-state index >= 15 is 0 Å². The lowest BCUT2D eigenvalue weighted by Gasteiger charge is -2.34. The van der Waals surface area contributed by atoms with E-state index in [1.807, 2.05) is 0 Å². The molecule has 0 N–H and O–H groups in total. The second-order valence-corrected chi connectivity index (χ2v) is 26.2. The lowest BCUT2D eigenvalue weighted by atomic mass is 9.73. The molecule has 0 saturated heterocycles. The molecule has 4 heterocycles. The van der Waals surface area contributed by atoms with E-state index in [2.05, 4.69) is 180 Å². The topological polar surface area (TPSA) is 51.6 Å². The molecule has 0 aliphatic rings. The smallest absolute Gasteiger partial charge is 0.0447 e. The second kappa shape index (κ2) is 38.5. The van der Waals surface area contributed by atoms with Gasteiger partial charge in [0.05, 0.1) is 0 Å². The Kier molecular flexibility index (Phi) is 35.9. The molecule has 0 aliphatic carbocycles. The van der Waals surface area contributed by atoms with Gasteiger partial charge < -0.3 is 0 Å². The van der Waals surface area contributed by atoms with Crippen LogP contribution in [0.2, 0.25) is 0 Å². The highest BCUT2D eigenvalue weighted by atomic mass is 14.8. The quantitative estimate of drug-likeness (QED) is 0.0569. The van der Waals surface area contributed by atoms with E-state index in [1.54, 1.807) is 44.5 Å². The predicted octanol–water partition coefficient (Wildman–Crippen LogP) is 22.3. The Hall–Kier alpha value is -3.40. The van der Waals surface area contributed by atoms with E-state index in [0.717, 1.165) is 64.2 Å². The SMILES string of the molecule is CCCc1nc(CCC)c(C(C)(C)C)c(CCC)c1C(C)(C)C.CCCc1nc(CCC)c(C(C)C)c(CCC)c1C(C)C.CCCc1nc(CCC)c(C)c(CCC)c1C.CCCc1nc(CCC)c(CC)c(CCC)c1CC. The molecule has 0 aliphatic heterocycles. The standard InChI is InChI=1S/C22H39N.C20H35N.C18H31N.C16H27N/c1-10-13-16-19(21(4,5)6)17(14-11-2)23-18(15-12-3)20(16)22(7,8)9;1-8-11-16-19(14(4)5)17(12-9-2)21-18(13-10-3)20(16)15(6)7;1-6-11-16-14(9-4)17(12-7-2)19-18(13-8-3)15(16)10-5;1-6-9-14-12(4)15(10-7-2)17-16(11-8-3)13(14)5/h10-15H2,1-9H3;14-15H,8-13H2,1-7H3;6-13H2,1-5H3;6-11H2,1-5H3. The van der Waals surface area contributed by atoms with Crippen molar-refractivity contribution in [2.45, 2.75) is 370 Å². The summed E-state index contributed by atoms with van der Waals surface area (Å²) in [5.74, 6) is 1.16. The van der Waals surface area contributed by atoms with Gasteiger partial charge in [-0.05, 0) is 193 Å². The molecule has 80 heavy (non-hydrogen) atoms. The molecule has 0 bridgehead atoms. The fraction of sp³-hybridized carbons (Fsp3) is 0.737. The van der Waals surface area contributed by atoms with Crippen molar-refractivity contribution >= 4 is 0 Å². The van der Waals surface area contributed by atoms with E-state index in [9.17, 15) is 0 Å². The number of pyridine rings is 4. The van der Waals surface area contributed by atoms with Gasteiger partial charge in [0.15, 0.2) is 0 Å². The number of hydrogen-bond donors (Lipinski definition) is 0. The van der Waals surface area contributed by atoms with E-state index in [1.165, 1.54) is 171 Å². The molecule has 0 unspecified atom stereocenters. The normalized spacial score (nSPS) is 11.7. The van der Waals surface area contributed by atoms with Gasteiger partial charge in [-0.2, -0.15) is 0 Å². The summed E-state index contributed by atoms with van der Waals surface area (Å²) in [4.78, 5) is 20.3. The first kappa shape index (κ1) is 74.6. The van der Waals surface area contributed by atoms with Crippen LogP contribution in [0.1, 0.15) is 367 Å². The van der Waals surface area contributed by atoms with Gasteiger partial charge in [0.2, 0.25) is 0 Å². The van der Waals surface area contributed by atoms with Crippen molar-refractivity contribution in [1.29, 1.82) is 0 Å². The van der Waals surface area contributed by atoms with Crippen molar-refractivity contribution in [2.24, 2.45) is 0 Å². The summed E-state index contributed by atoms with van der Waals surface area (Å²) in [6.07, 6.45) is 30.4. The average Bonchev–Trinajstić information content (AvgIpc) is 3.37. The van der Waals surface area contributed by atoms with E-state index in [0.29, 0.717) is 11.8 Å². The van der Waals surface area contributed by atoms with Crippen molar-refractivity contribution in [3.63, 3.8) is 0 Å². The van der Waals surface area contributed by atoms with Gasteiger partial charge in [0, 0.05) is 45.6 Å². The molecule has 4 aromatic heterocycles. The third kappa shape index (κ3) is 21.7. The van der Waals surface area contributed by atoms with Crippen molar-refractivity contribution in [2.75, 3.05) is 0 Å². The third-order valence-electron chi connectivity index (χ3n) is 16.0.